The van der Waals surface area contributed by atoms with E-state index < -0.39 is 36.1 Å². The Morgan fingerprint density at radius 1 is 1.22 bits per heavy atom. The van der Waals surface area contributed by atoms with Gasteiger partial charge in [0, 0.05) is 44.5 Å². The van der Waals surface area contributed by atoms with Crippen molar-refractivity contribution in [2.24, 2.45) is 5.92 Å². The normalized spacial score (nSPS) is 22.2. The van der Waals surface area contributed by atoms with E-state index in [0.717, 1.165) is 18.3 Å². The molecule has 1 aromatic rings. The van der Waals surface area contributed by atoms with Gasteiger partial charge in [0.05, 0.1) is 11.2 Å². The highest BCUT2D eigenvalue weighted by atomic mass is 16.7. The number of anilines is 1. The molecule has 0 aliphatic carbocycles. The van der Waals surface area contributed by atoms with Crippen LogP contribution >= 0.6 is 0 Å². The predicted octanol–water partition coefficient (Wildman–Crippen LogP) is 2.36. The van der Waals surface area contributed by atoms with Crippen molar-refractivity contribution >= 4 is 30.5 Å². The van der Waals surface area contributed by atoms with Gasteiger partial charge in [-0.15, -0.1) is 0 Å². The van der Waals surface area contributed by atoms with Gasteiger partial charge in [0.1, 0.15) is 11.6 Å². The number of rotatable bonds is 6. The van der Waals surface area contributed by atoms with Crippen LogP contribution in [0.25, 0.3) is 0 Å². The third-order valence-electron chi connectivity index (χ3n) is 6.99. The number of hydrogen-bond donors (Lipinski definition) is 1. The van der Waals surface area contributed by atoms with Crippen molar-refractivity contribution < 1.29 is 23.6 Å². The summed E-state index contributed by atoms with van der Waals surface area (Å²) >= 11 is 0. The largest absolute Gasteiger partial charge is 0.498 e. The van der Waals surface area contributed by atoms with Crippen LogP contribution in [0.4, 0.5) is 10.7 Å². The van der Waals surface area contributed by atoms with E-state index in [1.807, 2.05) is 44.5 Å². The van der Waals surface area contributed by atoms with Gasteiger partial charge in [0.2, 0.25) is 11.9 Å². The topological polar surface area (TPSA) is 106 Å². The molecule has 2 aliphatic rings. The number of piperidine rings is 1. The second kappa shape index (κ2) is 10.5. The standard InChI is InChI=1S/C25H42BN5O5/c1-17(29-22(33)34-23(2,3)4)20(32)31-12-10-11-18(16-31)15-30(9)21-27-13-19(14-28-21)26-35-24(5,6)25(7,8)36-26/h13-14,17-18H,10-12,15-16H2,1-9H3,(H,29,33)/t17-,18+/m1/s1. The molecule has 36 heavy (non-hydrogen) atoms. The number of alkyl carbamates (subject to hydrolysis) is 1. The lowest BCUT2D eigenvalue weighted by atomic mass is 9.81. The van der Waals surface area contributed by atoms with E-state index in [9.17, 15) is 9.59 Å². The minimum absolute atomic E-state index is 0.101. The molecule has 2 saturated heterocycles. The van der Waals surface area contributed by atoms with Gasteiger partial charge in [-0.25, -0.2) is 14.8 Å². The molecule has 0 spiro atoms. The molecule has 0 bridgehead atoms. The van der Waals surface area contributed by atoms with Crippen molar-refractivity contribution in [2.75, 3.05) is 31.6 Å². The molecule has 0 unspecified atom stereocenters. The summed E-state index contributed by atoms with van der Waals surface area (Å²) in [4.78, 5) is 37.9. The Morgan fingerprint density at radius 3 is 2.36 bits per heavy atom. The number of ether oxygens (including phenoxy) is 1. The maximum Gasteiger partial charge on any atom is 0.498 e. The first-order valence-corrected chi connectivity index (χ1v) is 12.7. The highest BCUT2D eigenvalue weighted by Gasteiger charge is 2.52. The lowest BCUT2D eigenvalue weighted by Crippen LogP contribution is -2.51. The van der Waals surface area contributed by atoms with Gasteiger partial charge >= 0.3 is 13.2 Å². The lowest BCUT2D eigenvalue weighted by Gasteiger charge is -2.36. The summed E-state index contributed by atoms with van der Waals surface area (Å²) in [5.41, 5.74) is -0.667. The Hall–Kier alpha value is -2.40. The number of carbonyl (C=O) groups is 2. The van der Waals surface area contributed by atoms with Crippen molar-refractivity contribution in [1.82, 2.24) is 20.2 Å². The maximum atomic E-state index is 12.9. The first-order valence-electron chi connectivity index (χ1n) is 12.7. The van der Waals surface area contributed by atoms with Gasteiger partial charge in [-0.2, -0.15) is 0 Å². The van der Waals surface area contributed by atoms with Crippen LogP contribution in [0, 0.1) is 5.92 Å². The molecule has 1 N–H and O–H groups in total. The lowest BCUT2D eigenvalue weighted by molar-refractivity contribution is -0.134. The average molecular weight is 503 g/mol. The molecule has 2 aliphatic heterocycles. The Balaban J connectivity index is 1.53. The van der Waals surface area contributed by atoms with E-state index in [4.69, 9.17) is 14.0 Å². The van der Waals surface area contributed by atoms with Crippen molar-refractivity contribution in [2.45, 2.75) is 91.1 Å². The highest BCUT2D eigenvalue weighted by Crippen LogP contribution is 2.36. The third-order valence-corrected chi connectivity index (χ3v) is 6.99. The summed E-state index contributed by atoms with van der Waals surface area (Å²) in [5, 5.41) is 2.65. The predicted molar refractivity (Wildman–Crippen MR) is 139 cm³/mol. The van der Waals surface area contributed by atoms with Crippen LogP contribution in [0.5, 0.6) is 0 Å². The quantitative estimate of drug-likeness (QED) is 0.590. The minimum atomic E-state index is -0.651. The van der Waals surface area contributed by atoms with Crippen LogP contribution in [-0.2, 0) is 18.8 Å². The molecular formula is C25H42BN5O5. The van der Waals surface area contributed by atoms with Crippen LogP contribution in [-0.4, -0.2) is 83.5 Å². The first-order chi connectivity index (χ1) is 16.6. The maximum absolute atomic E-state index is 12.9. The monoisotopic (exact) mass is 503 g/mol. The van der Waals surface area contributed by atoms with Crippen LogP contribution in [0.15, 0.2) is 12.4 Å². The third kappa shape index (κ3) is 6.88. The molecule has 0 aromatic carbocycles. The number of aromatic nitrogens is 2. The fourth-order valence-corrected chi connectivity index (χ4v) is 4.33. The number of amides is 2. The summed E-state index contributed by atoms with van der Waals surface area (Å²) in [6.07, 6.45) is 4.83. The molecule has 2 fully saturated rings. The minimum Gasteiger partial charge on any atom is -0.444 e. The highest BCUT2D eigenvalue weighted by molar-refractivity contribution is 6.61. The number of carbonyl (C=O) groups excluding carboxylic acids is 2. The van der Waals surface area contributed by atoms with Crippen molar-refractivity contribution in [3.05, 3.63) is 12.4 Å². The van der Waals surface area contributed by atoms with Crippen LogP contribution in [0.1, 0.15) is 68.2 Å². The number of nitrogens with one attached hydrogen (secondary N) is 1. The molecular weight excluding hydrogens is 461 g/mol. The Bertz CT molecular complexity index is 918. The van der Waals surface area contributed by atoms with Crippen LogP contribution in [0.3, 0.4) is 0 Å². The molecule has 200 valence electrons. The van der Waals surface area contributed by atoms with Gasteiger partial charge in [-0.1, -0.05) is 0 Å². The summed E-state index contributed by atoms with van der Waals surface area (Å²) in [5.74, 6) is 0.780. The van der Waals surface area contributed by atoms with Crippen molar-refractivity contribution in [3.63, 3.8) is 0 Å². The summed E-state index contributed by atoms with van der Waals surface area (Å²) < 4.78 is 17.4. The number of hydrogen-bond acceptors (Lipinski definition) is 8. The van der Waals surface area contributed by atoms with E-state index in [1.165, 1.54) is 0 Å². The zero-order valence-electron chi connectivity index (χ0n) is 23.3. The average Bonchev–Trinajstić information content (AvgIpc) is 2.99. The van der Waals surface area contributed by atoms with Gasteiger partial charge in [0.25, 0.3) is 0 Å². The Morgan fingerprint density at radius 2 is 1.81 bits per heavy atom. The fraction of sp³-hybridized carbons (Fsp3) is 0.760. The zero-order valence-corrected chi connectivity index (χ0v) is 23.3. The zero-order chi connectivity index (χ0) is 26.9. The molecule has 2 atom stereocenters. The number of likely N-dealkylation sites (tertiary alicyclic amines) is 1. The van der Waals surface area contributed by atoms with Gasteiger partial charge in [0.15, 0.2) is 0 Å². The van der Waals surface area contributed by atoms with E-state index >= 15 is 0 Å². The van der Waals surface area contributed by atoms with Gasteiger partial charge in [-0.05, 0) is 74.1 Å². The molecule has 10 nitrogen and oxygen atoms in total. The van der Waals surface area contributed by atoms with Crippen molar-refractivity contribution in [3.8, 4) is 0 Å². The summed E-state index contributed by atoms with van der Waals surface area (Å²) in [6, 6.07) is -0.651. The molecule has 3 heterocycles. The Labute approximate surface area is 215 Å². The second-order valence-electron chi connectivity index (χ2n) is 11.9. The smallest absolute Gasteiger partial charge is 0.444 e. The molecule has 2 amide bonds. The van der Waals surface area contributed by atoms with Crippen LogP contribution < -0.4 is 15.7 Å². The molecule has 11 heteroatoms. The molecule has 3 rings (SSSR count). The van der Waals surface area contributed by atoms with Gasteiger partial charge in [-0.3, -0.25) is 4.79 Å². The van der Waals surface area contributed by atoms with E-state index in [-0.39, 0.29) is 11.8 Å². The Kier molecular flexibility index (Phi) is 8.25. The van der Waals surface area contributed by atoms with E-state index in [1.54, 1.807) is 40.1 Å². The number of nitrogens with zero attached hydrogens (tertiary/aromatic N) is 4. The summed E-state index contributed by atoms with van der Waals surface area (Å²) in [6.45, 7) is 17.1. The SMILES string of the molecule is C[C@@H](NC(=O)OC(C)(C)C)C(=O)N1CCC[C@@H](CN(C)c2ncc(B3OC(C)(C)C(C)(C)O3)cn2)C1. The van der Waals surface area contributed by atoms with E-state index in [0.29, 0.717) is 25.6 Å². The molecule has 1 aromatic heterocycles. The molecule has 0 saturated carbocycles. The first kappa shape index (κ1) is 28.2. The second-order valence-corrected chi connectivity index (χ2v) is 11.9. The van der Waals surface area contributed by atoms with Crippen molar-refractivity contribution in [1.29, 1.82) is 0 Å². The fourth-order valence-electron chi connectivity index (χ4n) is 4.33. The summed E-state index contributed by atoms with van der Waals surface area (Å²) in [7, 11) is 1.46. The van der Waals surface area contributed by atoms with E-state index in [2.05, 4.69) is 15.3 Å². The molecule has 0 radical (unpaired) electrons. The van der Waals surface area contributed by atoms with Gasteiger partial charge < -0.3 is 29.2 Å². The van der Waals surface area contributed by atoms with Crippen LogP contribution in [0.2, 0.25) is 0 Å².